The maximum Gasteiger partial charge on any atom is 0.191 e. The lowest BCUT2D eigenvalue weighted by Gasteiger charge is -2.24. The summed E-state index contributed by atoms with van der Waals surface area (Å²) < 4.78 is 0. The van der Waals surface area contributed by atoms with E-state index in [1.807, 2.05) is 13.0 Å². The quantitative estimate of drug-likeness (QED) is 0.533. The van der Waals surface area contributed by atoms with Crippen LogP contribution in [0.25, 0.3) is 0 Å². The van der Waals surface area contributed by atoms with Gasteiger partial charge in [0.1, 0.15) is 0 Å². The van der Waals surface area contributed by atoms with E-state index >= 15 is 0 Å². The third-order valence-electron chi connectivity index (χ3n) is 3.46. The number of nitrogens with zero attached hydrogens (tertiary/aromatic N) is 1. The van der Waals surface area contributed by atoms with E-state index in [9.17, 15) is 0 Å². The molecule has 0 saturated heterocycles. The fourth-order valence-electron chi connectivity index (χ4n) is 1.93. The largest absolute Gasteiger partial charge is 0.396 e. The van der Waals surface area contributed by atoms with Crippen molar-refractivity contribution in [2.45, 2.75) is 33.1 Å². The zero-order chi connectivity index (χ0) is 15.7. The van der Waals surface area contributed by atoms with Crippen LogP contribution < -0.4 is 10.6 Å². The summed E-state index contributed by atoms with van der Waals surface area (Å²) >= 11 is 0. The molecular weight excluding hydrogens is 262 g/mol. The average Bonchev–Trinajstić information content (AvgIpc) is 2.50. The van der Waals surface area contributed by atoms with Crippen molar-refractivity contribution >= 4 is 5.96 Å². The predicted molar refractivity (Wildman–Crippen MR) is 89.7 cm³/mol. The summed E-state index contributed by atoms with van der Waals surface area (Å²) in [5.74, 6) is 1.03. The molecule has 0 heterocycles. The molecule has 0 saturated carbocycles. The highest BCUT2D eigenvalue weighted by atomic mass is 16.3. The van der Waals surface area contributed by atoms with Crippen molar-refractivity contribution < 1.29 is 5.11 Å². The third kappa shape index (κ3) is 6.17. The Morgan fingerprint density at radius 2 is 1.90 bits per heavy atom. The number of aliphatic hydroxyl groups excluding tert-OH is 1. The van der Waals surface area contributed by atoms with Crippen molar-refractivity contribution in [3.8, 4) is 0 Å². The Kier molecular flexibility index (Phi) is 7.23. The number of hydrogen-bond acceptors (Lipinski definition) is 2. The lowest BCUT2D eigenvalue weighted by atomic mass is 9.85. The van der Waals surface area contributed by atoms with Gasteiger partial charge in [-0.3, -0.25) is 4.99 Å². The van der Waals surface area contributed by atoms with Crippen molar-refractivity contribution in [3.63, 3.8) is 0 Å². The first-order valence-corrected chi connectivity index (χ1v) is 7.68. The summed E-state index contributed by atoms with van der Waals surface area (Å²) in [6.07, 6.45) is 0. The van der Waals surface area contributed by atoms with Crippen LogP contribution >= 0.6 is 0 Å². The molecule has 1 rings (SSSR count). The van der Waals surface area contributed by atoms with Crippen LogP contribution in [0.15, 0.2) is 35.3 Å². The maximum atomic E-state index is 9.09. The fraction of sp³-hybridized carbons (Fsp3) is 0.588. The first kappa shape index (κ1) is 17.5. The molecule has 1 atom stereocenters. The van der Waals surface area contributed by atoms with Gasteiger partial charge in [0.2, 0.25) is 0 Å². The van der Waals surface area contributed by atoms with E-state index in [4.69, 9.17) is 5.11 Å². The van der Waals surface area contributed by atoms with Crippen molar-refractivity contribution in [1.82, 2.24) is 10.6 Å². The Balaban J connectivity index is 2.68. The van der Waals surface area contributed by atoms with Gasteiger partial charge in [-0.1, -0.05) is 51.1 Å². The summed E-state index contributed by atoms with van der Waals surface area (Å²) in [4.78, 5) is 4.68. The molecule has 0 radical (unpaired) electrons. The zero-order valence-electron chi connectivity index (χ0n) is 13.7. The minimum atomic E-state index is -0.00773. The Morgan fingerprint density at radius 1 is 1.24 bits per heavy atom. The first-order chi connectivity index (χ1) is 9.99. The third-order valence-corrected chi connectivity index (χ3v) is 3.46. The summed E-state index contributed by atoms with van der Waals surface area (Å²) in [7, 11) is 0. The van der Waals surface area contributed by atoms with Gasteiger partial charge in [-0.2, -0.15) is 0 Å². The van der Waals surface area contributed by atoms with E-state index in [1.165, 1.54) is 5.56 Å². The smallest absolute Gasteiger partial charge is 0.191 e. The second-order valence-corrected chi connectivity index (χ2v) is 6.11. The minimum Gasteiger partial charge on any atom is -0.396 e. The molecule has 0 aliphatic carbocycles. The van der Waals surface area contributed by atoms with Gasteiger partial charge in [-0.25, -0.2) is 0 Å². The highest BCUT2D eigenvalue weighted by Crippen LogP contribution is 2.22. The topological polar surface area (TPSA) is 56.7 Å². The molecule has 1 unspecified atom stereocenters. The van der Waals surface area contributed by atoms with Gasteiger partial charge >= 0.3 is 0 Å². The molecule has 0 spiro atoms. The van der Waals surface area contributed by atoms with Crippen LogP contribution in [0.3, 0.4) is 0 Å². The van der Waals surface area contributed by atoms with Gasteiger partial charge in [0.15, 0.2) is 5.96 Å². The molecule has 0 aliphatic heterocycles. The molecular formula is C17H29N3O. The number of hydrogen-bond donors (Lipinski definition) is 3. The van der Waals surface area contributed by atoms with Crippen molar-refractivity contribution in [1.29, 1.82) is 0 Å². The molecule has 0 aromatic heterocycles. The molecule has 1 aromatic carbocycles. The normalized spacial score (nSPS) is 13.9. The standard InChI is InChI=1S/C17H29N3O/c1-5-18-16(19-11-14(2)12-21)20-13-17(3,4)15-9-7-6-8-10-15/h6-10,14,21H,5,11-13H2,1-4H3,(H2,18,19,20). The van der Waals surface area contributed by atoms with Crippen molar-refractivity contribution in [2.24, 2.45) is 10.9 Å². The summed E-state index contributed by atoms with van der Waals surface area (Å²) in [6, 6.07) is 10.4. The molecule has 0 bridgehead atoms. The Labute approximate surface area is 128 Å². The minimum absolute atomic E-state index is 0.00773. The summed E-state index contributed by atoms with van der Waals surface area (Å²) in [5.41, 5.74) is 1.28. The second-order valence-electron chi connectivity index (χ2n) is 6.11. The van der Waals surface area contributed by atoms with Crippen LogP contribution in [0.1, 0.15) is 33.3 Å². The van der Waals surface area contributed by atoms with E-state index in [1.54, 1.807) is 0 Å². The van der Waals surface area contributed by atoms with Crippen molar-refractivity contribution in [3.05, 3.63) is 35.9 Å². The second kappa shape index (κ2) is 8.67. The van der Waals surface area contributed by atoms with Gasteiger partial charge in [-0.15, -0.1) is 0 Å². The van der Waals surface area contributed by atoms with Crippen LogP contribution in [0.2, 0.25) is 0 Å². The van der Waals surface area contributed by atoms with E-state index < -0.39 is 0 Å². The zero-order valence-corrected chi connectivity index (χ0v) is 13.7. The first-order valence-electron chi connectivity index (χ1n) is 7.68. The molecule has 118 valence electrons. The molecule has 1 aromatic rings. The summed E-state index contributed by atoms with van der Waals surface area (Å²) in [5, 5.41) is 15.6. The van der Waals surface area contributed by atoms with Crippen LogP contribution in [0.4, 0.5) is 0 Å². The number of rotatable bonds is 7. The van der Waals surface area contributed by atoms with Gasteiger partial charge in [0.25, 0.3) is 0 Å². The molecule has 21 heavy (non-hydrogen) atoms. The Morgan fingerprint density at radius 3 is 2.48 bits per heavy atom. The van der Waals surface area contributed by atoms with Gasteiger partial charge in [0.05, 0.1) is 6.54 Å². The molecule has 0 fully saturated rings. The number of benzene rings is 1. The van der Waals surface area contributed by atoms with Crippen LogP contribution in [0, 0.1) is 5.92 Å². The molecule has 0 aliphatic rings. The molecule has 3 N–H and O–H groups in total. The molecule has 0 amide bonds. The number of guanidine groups is 1. The lowest BCUT2D eigenvalue weighted by Crippen LogP contribution is -2.40. The SMILES string of the molecule is CCNC(=NCC(C)(C)c1ccccc1)NCC(C)CO. The molecule has 4 nitrogen and oxygen atoms in total. The van der Waals surface area contributed by atoms with Crippen LogP contribution in [0.5, 0.6) is 0 Å². The highest BCUT2D eigenvalue weighted by molar-refractivity contribution is 5.79. The number of aliphatic hydroxyl groups is 1. The Bertz CT molecular complexity index is 429. The maximum absolute atomic E-state index is 9.09. The van der Waals surface area contributed by atoms with Gasteiger partial charge < -0.3 is 15.7 Å². The van der Waals surface area contributed by atoms with Gasteiger partial charge in [0, 0.05) is 25.1 Å². The number of nitrogens with one attached hydrogen (secondary N) is 2. The van der Waals surface area contributed by atoms with Crippen LogP contribution in [-0.2, 0) is 5.41 Å². The van der Waals surface area contributed by atoms with Crippen molar-refractivity contribution in [2.75, 3.05) is 26.2 Å². The van der Waals surface area contributed by atoms with Crippen LogP contribution in [-0.4, -0.2) is 37.3 Å². The fourth-order valence-corrected chi connectivity index (χ4v) is 1.93. The van der Waals surface area contributed by atoms with E-state index in [0.29, 0.717) is 13.1 Å². The Hall–Kier alpha value is -1.55. The highest BCUT2D eigenvalue weighted by Gasteiger charge is 2.20. The van der Waals surface area contributed by atoms with Gasteiger partial charge in [-0.05, 0) is 18.4 Å². The average molecular weight is 291 g/mol. The van der Waals surface area contributed by atoms with E-state index in [0.717, 1.165) is 12.5 Å². The lowest BCUT2D eigenvalue weighted by molar-refractivity contribution is 0.238. The van der Waals surface area contributed by atoms with E-state index in [-0.39, 0.29) is 17.9 Å². The predicted octanol–water partition coefficient (Wildman–Crippen LogP) is 2.15. The summed E-state index contributed by atoms with van der Waals surface area (Å²) in [6.45, 7) is 10.9. The van der Waals surface area contributed by atoms with E-state index in [2.05, 4.69) is 60.7 Å². The monoisotopic (exact) mass is 291 g/mol. The molecule has 4 heteroatoms. The number of aliphatic imine (C=N–C) groups is 1.